The second-order valence-electron chi connectivity index (χ2n) is 5.17. The van der Waals surface area contributed by atoms with Gasteiger partial charge in [-0.1, -0.05) is 51.0 Å². The summed E-state index contributed by atoms with van der Waals surface area (Å²) >= 11 is 0. The lowest BCUT2D eigenvalue weighted by molar-refractivity contribution is -0.139. The number of rotatable bonds is 6. The molecule has 1 aliphatic heterocycles. The normalized spacial score (nSPS) is 15.2. The molecule has 1 atom stereocenters. The van der Waals surface area contributed by atoms with Crippen LogP contribution in [0.5, 0.6) is 0 Å². The highest BCUT2D eigenvalue weighted by molar-refractivity contribution is 6.13. The number of hydrogen-bond acceptors (Lipinski definition) is 2. The van der Waals surface area contributed by atoms with Gasteiger partial charge in [-0.3, -0.25) is 9.79 Å². The minimum atomic E-state index is -0.748. The first-order valence-corrected chi connectivity index (χ1v) is 7.02. The molecule has 0 aliphatic carbocycles. The molecule has 1 aromatic rings. The van der Waals surface area contributed by atoms with Gasteiger partial charge in [0.2, 0.25) is 0 Å². The third kappa shape index (κ3) is 2.86. The van der Waals surface area contributed by atoms with Gasteiger partial charge in [0.25, 0.3) is 0 Å². The van der Waals surface area contributed by atoms with E-state index >= 15 is 0 Å². The maximum Gasteiger partial charge on any atom is 0.312 e. The van der Waals surface area contributed by atoms with Crippen LogP contribution in [0.2, 0.25) is 0 Å². The highest BCUT2D eigenvalue weighted by Gasteiger charge is 2.30. The van der Waals surface area contributed by atoms with Crippen molar-refractivity contribution in [2.45, 2.75) is 39.7 Å². The van der Waals surface area contributed by atoms with E-state index in [1.54, 1.807) is 0 Å². The van der Waals surface area contributed by atoms with Crippen LogP contribution in [-0.4, -0.2) is 16.8 Å². The number of aliphatic carboxylic acids is 1. The lowest BCUT2D eigenvalue weighted by atomic mass is 9.85. The van der Waals surface area contributed by atoms with Crippen molar-refractivity contribution < 1.29 is 9.90 Å². The molecule has 0 radical (unpaired) electrons. The van der Waals surface area contributed by atoms with Crippen molar-refractivity contribution in [2.24, 2.45) is 16.8 Å². The van der Waals surface area contributed by atoms with Crippen LogP contribution in [0.25, 0.3) is 0 Å². The van der Waals surface area contributed by atoms with Crippen molar-refractivity contribution in [3.8, 4) is 0 Å². The lowest BCUT2D eigenvalue weighted by Gasteiger charge is -2.19. The molecule has 1 aliphatic rings. The van der Waals surface area contributed by atoms with Gasteiger partial charge in [-0.2, -0.15) is 0 Å². The molecule has 3 heteroatoms. The van der Waals surface area contributed by atoms with E-state index in [0.29, 0.717) is 18.9 Å². The van der Waals surface area contributed by atoms with Crippen molar-refractivity contribution >= 4 is 11.7 Å². The Morgan fingerprint density at radius 1 is 1.32 bits per heavy atom. The molecule has 1 unspecified atom stereocenters. The zero-order valence-electron chi connectivity index (χ0n) is 11.6. The van der Waals surface area contributed by atoms with Gasteiger partial charge in [-0.15, -0.1) is 0 Å². The summed E-state index contributed by atoms with van der Waals surface area (Å²) in [6, 6.07) is 7.95. The molecule has 3 nitrogen and oxygen atoms in total. The largest absolute Gasteiger partial charge is 0.481 e. The Balaban J connectivity index is 2.24. The quantitative estimate of drug-likeness (QED) is 0.849. The summed E-state index contributed by atoms with van der Waals surface area (Å²) in [5, 5.41) is 9.52. The van der Waals surface area contributed by atoms with E-state index in [-0.39, 0.29) is 0 Å². The zero-order valence-corrected chi connectivity index (χ0v) is 11.6. The van der Waals surface area contributed by atoms with E-state index in [9.17, 15) is 9.90 Å². The van der Waals surface area contributed by atoms with Crippen LogP contribution in [0.3, 0.4) is 0 Å². The van der Waals surface area contributed by atoms with Crippen molar-refractivity contribution in [2.75, 3.05) is 0 Å². The van der Waals surface area contributed by atoms with Crippen LogP contribution in [0.1, 0.15) is 44.2 Å². The fourth-order valence-corrected chi connectivity index (χ4v) is 2.75. The summed E-state index contributed by atoms with van der Waals surface area (Å²) in [7, 11) is 0. The van der Waals surface area contributed by atoms with Crippen molar-refractivity contribution in [3.05, 3.63) is 35.4 Å². The van der Waals surface area contributed by atoms with E-state index in [2.05, 4.69) is 18.8 Å². The summed E-state index contributed by atoms with van der Waals surface area (Å²) < 4.78 is 0. The van der Waals surface area contributed by atoms with Crippen LogP contribution in [0.15, 0.2) is 29.3 Å². The maximum atomic E-state index is 11.6. The Labute approximate surface area is 114 Å². The first kappa shape index (κ1) is 13.8. The van der Waals surface area contributed by atoms with E-state index in [1.807, 2.05) is 24.3 Å². The Hall–Kier alpha value is -1.64. The molecule has 0 saturated heterocycles. The highest BCUT2D eigenvalue weighted by Crippen LogP contribution is 2.28. The maximum absolute atomic E-state index is 11.6. The van der Waals surface area contributed by atoms with Crippen LogP contribution in [0.4, 0.5) is 0 Å². The molecule has 0 aromatic heterocycles. The predicted octanol–water partition coefficient (Wildman–Crippen LogP) is 3.52. The highest BCUT2D eigenvalue weighted by atomic mass is 16.4. The molecule has 0 spiro atoms. The third-order valence-corrected chi connectivity index (χ3v) is 4.06. The number of carboxylic acids is 1. The number of fused-ring (bicyclic) bond motifs is 1. The van der Waals surface area contributed by atoms with Gasteiger partial charge < -0.3 is 5.11 Å². The average molecular weight is 259 g/mol. The molecule has 1 heterocycles. The first-order chi connectivity index (χ1) is 9.17. The molecule has 102 valence electrons. The van der Waals surface area contributed by atoms with Crippen LogP contribution < -0.4 is 0 Å². The molecule has 19 heavy (non-hydrogen) atoms. The topological polar surface area (TPSA) is 49.7 Å². The second-order valence-corrected chi connectivity index (χ2v) is 5.17. The minimum absolute atomic E-state index is 0.455. The molecule has 1 N–H and O–H groups in total. The van der Waals surface area contributed by atoms with Gasteiger partial charge >= 0.3 is 5.97 Å². The van der Waals surface area contributed by atoms with Gasteiger partial charge in [0, 0.05) is 5.56 Å². The summed E-state index contributed by atoms with van der Waals surface area (Å²) in [6.45, 7) is 4.87. The van der Waals surface area contributed by atoms with Gasteiger partial charge in [-0.05, 0) is 17.9 Å². The summed E-state index contributed by atoms with van der Waals surface area (Å²) in [5.41, 5.74) is 2.95. The average Bonchev–Trinajstić information content (AvgIpc) is 2.84. The van der Waals surface area contributed by atoms with E-state index in [4.69, 9.17) is 0 Å². The monoisotopic (exact) mass is 259 g/mol. The van der Waals surface area contributed by atoms with Crippen molar-refractivity contribution in [1.29, 1.82) is 0 Å². The van der Waals surface area contributed by atoms with Crippen LogP contribution in [0, 0.1) is 11.8 Å². The van der Waals surface area contributed by atoms with Crippen LogP contribution in [-0.2, 0) is 11.3 Å². The third-order valence-electron chi connectivity index (χ3n) is 4.06. The standard InChI is InChI=1S/C16H21NO2/c1-3-11(4-2)9-14(16(18)19)15-13-8-6-5-7-12(13)10-17-15/h5-8,11,14H,3-4,9-10H2,1-2H3,(H,18,19). The van der Waals surface area contributed by atoms with Gasteiger partial charge in [0.15, 0.2) is 0 Å². The zero-order chi connectivity index (χ0) is 13.8. The Bertz CT molecular complexity index is 489. The van der Waals surface area contributed by atoms with Gasteiger partial charge in [-0.25, -0.2) is 0 Å². The summed E-state index contributed by atoms with van der Waals surface area (Å²) in [5.74, 6) is -0.757. The minimum Gasteiger partial charge on any atom is -0.481 e. The fraction of sp³-hybridized carbons (Fsp3) is 0.500. The second kappa shape index (κ2) is 6.00. The Morgan fingerprint density at radius 2 is 2.00 bits per heavy atom. The Morgan fingerprint density at radius 3 is 2.63 bits per heavy atom. The number of nitrogens with zero attached hydrogens (tertiary/aromatic N) is 1. The predicted molar refractivity (Wildman–Crippen MR) is 76.5 cm³/mol. The van der Waals surface area contributed by atoms with E-state index < -0.39 is 11.9 Å². The van der Waals surface area contributed by atoms with E-state index in [0.717, 1.165) is 29.7 Å². The molecule has 0 saturated carbocycles. The summed E-state index contributed by atoms with van der Waals surface area (Å²) in [4.78, 5) is 16.1. The summed E-state index contributed by atoms with van der Waals surface area (Å²) in [6.07, 6.45) is 2.74. The lowest BCUT2D eigenvalue weighted by Crippen LogP contribution is -2.26. The smallest absolute Gasteiger partial charge is 0.312 e. The fourth-order valence-electron chi connectivity index (χ4n) is 2.75. The molecular weight excluding hydrogens is 238 g/mol. The molecular formula is C16H21NO2. The molecule has 0 fully saturated rings. The van der Waals surface area contributed by atoms with Crippen molar-refractivity contribution in [1.82, 2.24) is 0 Å². The van der Waals surface area contributed by atoms with Crippen molar-refractivity contribution in [3.63, 3.8) is 0 Å². The number of benzene rings is 1. The molecule has 0 bridgehead atoms. The Kier molecular flexibility index (Phi) is 4.35. The number of aliphatic imine (C=N–C) groups is 1. The van der Waals surface area contributed by atoms with Gasteiger partial charge in [0.1, 0.15) is 0 Å². The number of carboxylic acid groups (broad SMARTS) is 1. The molecule has 0 amide bonds. The first-order valence-electron chi connectivity index (χ1n) is 7.02. The number of carbonyl (C=O) groups is 1. The molecule has 1 aromatic carbocycles. The van der Waals surface area contributed by atoms with Gasteiger partial charge in [0.05, 0.1) is 18.2 Å². The molecule has 2 rings (SSSR count). The SMILES string of the molecule is CCC(CC)CC(C(=O)O)C1=NCc2ccccc21. The van der Waals surface area contributed by atoms with E-state index in [1.165, 1.54) is 0 Å². The number of hydrogen-bond donors (Lipinski definition) is 1. The van der Waals surface area contributed by atoms with Crippen LogP contribution >= 0.6 is 0 Å².